The molecule has 1 saturated heterocycles. The first kappa shape index (κ1) is 16.7. The number of halogens is 1. The summed E-state index contributed by atoms with van der Waals surface area (Å²) in [6, 6.07) is 10.1. The number of ether oxygens (including phenoxy) is 1. The molecule has 4 nitrogen and oxygen atoms in total. The molecule has 1 aromatic heterocycles. The lowest BCUT2D eigenvalue weighted by Crippen LogP contribution is -2.48. The number of carbonyl (C=O) groups excluding carboxylic acids is 1. The zero-order valence-corrected chi connectivity index (χ0v) is 14.0. The van der Waals surface area contributed by atoms with Crippen LogP contribution in [0.1, 0.15) is 26.0 Å². The predicted octanol–water partition coefficient (Wildman–Crippen LogP) is 3.65. The smallest absolute Gasteiger partial charge is 0.223 e. The standard InChI is InChI=1S/C19H22FNO3/c1-13-11-21(12-14(2)23-13)19(22)10-8-15-7-9-18(24-15)16-5-3-4-6-17(16)20/h3-7,9,13-14H,8,10-12H2,1-2H3/t13-,14-/m1/s1. The molecule has 1 aromatic carbocycles. The van der Waals surface area contributed by atoms with E-state index in [1.165, 1.54) is 6.07 Å². The summed E-state index contributed by atoms with van der Waals surface area (Å²) < 4.78 is 25.1. The molecule has 0 unspecified atom stereocenters. The summed E-state index contributed by atoms with van der Waals surface area (Å²) >= 11 is 0. The summed E-state index contributed by atoms with van der Waals surface area (Å²) in [5, 5.41) is 0. The number of aryl methyl sites for hydroxylation is 1. The fourth-order valence-corrected chi connectivity index (χ4v) is 3.09. The lowest BCUT2D eigenvalue weighted by molar-refractivity contribution is -0.143. The maximum absolute atomic E-state index is 13.8. The molecule has 1 aliphatic rings. The Bertz CT molecular complexity index is 702. The lowest BCUT2D eigenvalue weighted by atomic mass is 10.1. The molecule has 0 radical (unpaired) electrons. The average molecular weight is 331 g/mol. The Balaban J connectivity index is 1.59. The summed E-state index contributed by atoms with van der Waals surface area (Å²) in [7, 11) is 0. The van der Waals surface area contributed by atoms with Crippen LogP contribution >= 0.6 is 0 Å². The Hall–Kier alpha value is -2.14. The van der Waals surface area contributed by atoms with E-state index in [1.807, 2.05) is 18.7 Å². The van der Waals surface area contributed by atoms with Gasteiger partial charge >= 0.3 is 0 Å². The minimum Gasteiger partial charge on any atom is -0.461 e. The van der Waals surface area contributed by atoms with Crippen molar-refractivity contribution in [1.82, 2.24) is 4.90 Å². The van der Waals surface area contributed by atoms with Crippen LogP contribution in [-0.2, 0) is 16.0 Å². The Morgan fingerprint density at radius 3 is 2.58 bits per heavy atom. The number of benzene rings is 1. The molecule has 2 atom stereocenters. The maximum Gasteiger partial charge on any atom is 0.223 e. The molecule has 2 aromatic rings. The molecule has 1 aliphatic heterocycles. The van der Waals surface area contributed by atoms with E-state index in [4.69, 9.17) is 9.15 Å². The van der Waals surface area contributed by atoms with Crippen LogP contribution in [0.25, 0.3) is 11.3 Å². The van der Waals surface area contributed by atoms with Crippen LogP contribution in [0.5, 0.6) is 0 Å². The zero-order valence-electron chi connectivity index (χ0n) is 14.0. The van der Waals surface area contributed by atoms with Crippen molar-refractivity contribution in [2.45, 2.75) is 38.9 Å². The van der Waals surface area contributed by atoms with Crippen molar-refractivity contribution in [3.8, 4) is 11.3 Å². The topological polar surface area (TPSA) is 42.7 Å². The van der Waals surface area contributed by atoms with Gasteiger partial charge in [-0.3, -0.25) is 4.79 Å². The van der Waals surface area contributed by atoms with E-state index in [1.54, 1.807) is 30.3 Å². The summed E-state index contributed by atoms with van der Waals surface area (Å²) in [5.74, 6) is 0.965. The third-order valence-corrected chi connectivity index (χ3v) is 4.16. The maximum atomic E-state index is 13.8. The first-order valence-corrected chi connectivity index (χ1v) is 8.30. The fraction of sp³-hybridized carbons (Fsp3) is 0.421. The molecule has 0 spiro atoms. The van der Waals surface area contributed by atoms with Gasteiger partial charge in [-0.05, 0) is 38.1 Å². The van der Waals surface area contributed by atoms with Crippen LogP contribution in [-0.4, -0.2) is 36.1 Å². The van der Waals surface area contributed by atoms with Crippen molar-refractivity contribution in [1.29, 1.82) is 0 Å². The largest absolute Gasteiger partial charge is 0.461 e. The van der Waals surface area contributed by atoms with Gasteiger partial charge in [0.25, 0.3) is 0 Å². The molecule has 0 N–H and O–H groups in total. The second-order valence-electron chi connectivity index (χ2n) is 6.30. The summed E-state index contributed by atoms with van der Waals surface area (Å²) in [6.45, 7) is 5.20. The molecule has 5 heteroatoms. The van der Waals surface area contributed by atoms with E-state index >= 15 is 0 Å². The third-order valence-electron chi connectivity index (χ3n) is 4.16. The molecule has 1 amide bonds. The minimum absolute atomic E-state index is 0.0639. The number of rotatable bonds is 4. The van der Waals surface area contributed by atoms with Crippen LogP contribution < -0.4 is 0 Å². The molecule has 0 aliphatic carbocycles. The van der Waals surface area contributed by atoms with Crippen LogP contribution in [0.3, 0.4) is 0 Å². The number of morpholine rings is 1. The lowest BCUT2D eigenvalue weighted by Gasteiger charge is -2.35. The van der Waals surface area contributed by atoms with Crippen molar-refractivity contribution in [3.63, 3.8) is 0 Å². The first-order chi connectivity index (χ1) is 11.5. The Labute approximate surface area is 141 Å². The van der Waals surface area contributed by atoms with Crippen molar-refractivity contribution in [2.24, 2.45) is 0 Å². The van der Waals surface area contributed by atoms with Gasteiger partial charge < -0.3 is 14.1 Å². The molecular weight excluding hydrogens is 309 g/mol. The van der Waals surface area contributed by atoms with Gasteiger partial charge in [0.1, 0.15) is 17.3 Å². The van der Waals surface area contributed by atoms with Crippen LogP contribution in [0.15, 0.2) is 40.8 Å². The summed E-state index contributed by atoms with van der Waals surface area (Å²) in [6.07, 6.45) is 1.01. The van der Waals surface area contributed by atoms with Gasteiger partial charge in [-0.1, -0.05) is 12.1 Å². The van der Waals surface area contributed by atoms with Crippen molar-refractivity contribution >= 4 is 5.91 Å². The molecule has 24 heavy (non-hydrogen) atoms. The van der Waals surface area contributed by atoms with Gasteiger partial charge in [0.05, 0.1) is 17.8 Å². The van der Waals surface area contributed by atoms with Gasteiger partial charge in [-0.2, -0.15) is 0 Å². The van der Waals surface area contributed by atoms with E-state index in [0.717, 1.165) is 0 Å². The molecular formula is C19H22FNO3. The van der Waals surface area contributed by atoms with Crippen molar-refractivity contribution < 1.29 is 18.3 Å². The highest BCUT2D eigenvalue weighted by Crippen LogP contribution is 2.25. The van der Waals surface area contributed by atoms with Crippen molar-refractivity contribution in [3.05, 3.63) is 48.0 Å². The molecule has 128 valence electrons. The van der Waals surface area contributed by atoms with Gasteiger partial charge in [0, 0.05) is 25.9 Å². The van der Waals surface area contributed by atoms with Crippen LogP contribution in [0.4, 0.5) is 4.39 Å². The minimum atomic E-state index is -0.314. The number of hydrogen-bond acceptors (Lipinski definition) is 3. The number of furan rings is 1. The second kappa shape index (κ2) is 7.18. The van der Waals surface area contributed by atoms with Crippen LogP contribution in [0.2, 0.25) is 0 Å². The van der Waals surface area contributed by atoms with E-state index in [-0.39, 0.29) is 23.9 Å². The average Bonchev–Trinajstić information content (AvgIpc) is 3.01. The number of carbonyl (C=O) groups is 1. The van der Waals surface area contributed by atoms with Gasteiger partial charge in [-0.25, -0.2) is 4.39 Å². The highest BCUT2D eigenvalue weighted by Gasteiger charge is 2.25. The Kier molecular flexibility index (Phi) is 5.00. The molecule has 0 saturated carbocycles. The van der Waals surface area contributed by atoms with Gasteiger partial charge in [-0.15, -0.1) is 0 Å². The molecule has 2 heterocycles. The second-order valence-corrected chi connectivity index (χ2v) is 6.30. The van der Waals surface area contributed by atoms with E-state index in [9.17, 15) is 9.18 Å². The zero-order chi connectivity index (χ0) is 17.1. The number of nitrogens with zero attached hydrogens (tertiary/aromatic N) is 1. The monoisotopic (exact) mass is 331 g/mol. The Morgan fingerprint density at radius 1 is 1.17 bits per heavy atom. The quantitative estimate of drug-likeness (QED) is 0.859. The highest BCUT2D eigenvalue weighted by molar-refractivity contribution is 5.76. The van der Waals surface area contributed by atoms with Gasteiger partial charge in [0.2, 0.25) is 5.91 Å². The van der Waals surface area contributed by atoms with Gasteiger partial charge in [0.15, 0.2) is 0 Å². The molecule has 1 fully saturated rings. The number of hydrogen-bond donors (Lipinski definition) is 0. The normalized spacial score (nSPS) is 21.0. The van der Waals surface area contributed by atoms with Crippen molar-refractivity contribution in [2.75, 3.05) is 13.1 Å². The SMILES string of the molecule is C[C@@H]1CN(C(=O)CCc2ccc(-c3ccccc3F)o2)C[C@@H](C)O1. The molecule has 0 bridgehead atoms. The summed E-state index contributed by atoms with van der Waals surface area (Å²) in [5.41, 5.74) is 0.436. The van der Waals surface area contributed by atoms with E-state index in [0.29, 0.717) is 43.0 Å². The highest BCUT2D eigenvalue weighted by atomic mass is 19.1. The third kappa shape index (κ3) is 3.85. The first-order valence-electron chi connectivity index (χ1n) is 8.30. The Morgan fingerprint density at radius 2 is 1.88 bits per heavy atom. The van der Waals surface area contributed by atoms with Crippen LogP contribution in [0, 0.1) is 5.82 Å². The fourth-order valence-electron chi connectivity index (χ4n) is 3.09. The van der Waals surface area contributed by atoms with E-state index in [2.05, 4.69) is 0 Å². The van der Waals surface area contributed by atoms with E-state index < -0.39 is 0 Å². The molecule has 3 rings (SSSR count). The predicted molar refractivity (Wildman–Crippen MR) is 89.0 cm³/mol. The number of amides is 1. The summed E-state index contributed by atoms with van der Waals surface area (Å²) in [4.78, 5) is 14.2.